The van der Waals surface area contributed by atoms with Crippen molar-refractivity contribution in [1.29, 1.82) is 0 Å². The molecule has 0 N–H and O–H groups in total. The van der Waals surface area contributed by atoms with Gasteiger partial charge < -0.3 is 0 Å². The molecule has 0 spiro atoms. The molecule has 2 aliphatic rings. The first-order valence-corrected chi connectivity index (χ1v) is 5.75. The molecular formula is C12H23N. The van der Waals surface area contributed by atoms with Crippen molar-refractivity contribution in [3.63, 3.8) is 0 Å². The van der Waals surface area contributed by atoms with Gasteiger partial charge in [0.1, 0.15) is 0 Å². The minimum absolute atomic E-state index is 0.607. The maximum atomic E-state index is 2.71. The van der Waals surface area contributed by atoms with Gasteiger partial charge in [-0.25, -0.2) is 0 Å². The first-order valence-electron chi connectivity index (χ1n) is 5.75. The molecule has 1 unspecified atom stereocenters. The molecule has 0 aromatic carbocycles. The van der Waals surface area contributed by atoms with Gasteiger partial charge in [0.25, 0.3) is 0 Å². The summed E-state index contributed by atoms with van der Waals surface area (Å²) in [6, 6.07) is 0.912. The molecule has 1 saturated carbocycles. The Hall–Kier alpha value is -0.0400. The highest BCUT2D eigenvalue weighted by molar-refractivity contribution is 5.05. The van der Waals surface area contributed by atoms with Crippen LogP contribution in [0.25, 0.3) is 0 Å². The summed E-state index contributed by atoms with van der Waals surface area (Å²) in [5.41, 5.74) is 0.607. The fraction of sp³-hybridized carbons (Fsp3) is 1.00. The van der Waals surface area contributed by atoms with E-state index in [4.69, 9.17) is 0 Å². The second-order valence-electron chi connectivity index (χ2n) is 6.09. The predicted molar refractivity (Wildman–Crippen MR) is 56.7 cm³/mol. The van der Waals surface area contributed by atoms with Crippen LogP contribution < -0.4 is 0 Å². The summed E-state index contributed by atoms with van der Waals surface area (Å²) in [6.45, 7) is 12.2. The first kappa shape index (κ1) is 9.51. The number of likely N-dealkylation sites (tertiary alicyclic amines) is 1. The predicted octanol–water partition coefficient (Wildman–Crippen LogP) is 2.76. The SMILES string of the molecule is CC(C)CN1CC(C)(C)C1C1CC1. The number of hydrogen-bond donors (Lipinski definition) is 0. The maximum Gasteiger partial charge on any atom is 0.0187 e. The maximum absolute atomic E-state index is 2.71. The van der Waals surface area contributed by atoms with Crippen molar-refractivity contribution >= 4 is 0 Å². The molecule has 1 heterocycles. The fourth-order valence-corrected chi connectivity index (χ4v) is 3.09. The molecule has 1 aliphatic heterocycles. The molecule has 1 atom stereocenters. The van der Waals surface area contributed by atoms with Crippen molar-refractivity contribution in [3.05, 3.63) is 0 Å². The van der Waals surface area contributed by atoms with Crippen LogP contribution in [0, 0.1) is 17.3 Å². The summed E-state index contributed by atoms with van der Waals surface area (Å²) >= 11 is 0. The molecule has 2 fully saturated rings. The second kappa shape index (κ2) is 2.98. The van der Waals surface area contributed by atoms with Gasteiger partial charge in [-0.1, -0.05) is 27.7 Å². The lowest BCUT2D eigenvalue weighted by molar-refractivity contribution is -0.0682. The summed E-state index contributed by atoms with van der Waals surface area (Å²) in [5.74, 6) is 1.87. The van der Waals surface area contributed by atoms with Crippen molar-refractivity contribution in [1.82, 2.24) is 4.90 Å². The van der Waals surface area contributed by atoms with E-state index in [2.05, 4.69) is 32.6 Å². The van der Waals surface area contributed by atoms with Gasteiger partial charge in [0.15, 0.2) is 0 Å². The van der Waals surface area contributed by atoms with E-state index >= 15 is 0 Å². The van der Waals surface area contributed by atoms with E-state index in [0.717, 1.165) is 17.9 Å². The van der Waals surface area contributed by atoms with Crippen LogP contribution in [0.5, 0.6) is 0 Å². The van der Waals surface area contributed by atoms with Crippen molar-refractivity contribution in [3.8, 4) is 0 Å². The lowest BCUT2D eigenvalue weighted by Gasteiger charge is -2.55. The van der Waals surface area contributed by atoms with Crippen LogP contribution in [0.1, 0.15) is 40.5 Å². The fourth-order valence-electron chi connectivity index (χ4n) is 3.09. The van der Waals surface area contributed by atoms with Crippen molar-refractivity contribution in [2.24, 2.45) is 17.3 Å². The highest BCUT2D eigenvalue weighted by Crippen LogP contribution is 2.50. The summed E-state index contributed by atoms with van der Waals surface area (Å²) in [4.78, 5) is 2.71. The van der Waals surface area contributed by atoms with Crippen molar-refractivity contribution in [2.45, 2.75) is 46.6 Å². The molecular weight excluding hydrogens is 158 g/mol. The van der Waals surface area contributed by atoms with E-state index in [1.54, 1.807) is 0 Å². The van der Waals surface area contributed by atoms with Gasteiger partial charge in [0, 0.05) is 19.1 Å². The van der Waals surface area contributed by atoms with Gasteiger partial charge in [-0.05, 0) is 30.1 Å². The first-order chi connectivity index (χ1) is 6.00. The largest absolute Gasteiger partial charge is 0.299 e. The van der Waals surface area contributed by atoms with Crippen LogP contribution >= 0.6 is 0 Å². The molecule has 1 heteroatoms. The zero-order chi connectivity index (χ0) is 9.64. The lowest BCUT2D eigenvalue weighted by atomic mass is 9.72. The Labute approximate surface area is 82.5 Å². The minimum atomic E-state index is 0.607. The average Bonchev–Trinajstić information content (AvgIpc) is 2.67. The van der Waals surface area contributed by atoms with Crippen LogP contribution in [-0.2, 0) is 0 Å². The third-order valence-electron chi connectivity index (χ3n) is 3.47. The van der Waals surface area contributed by atoms with Crippen LogP contribution in [0.4, 0.5) is 0 Å². The normalized spacial score (nSPS) is 33.5. The van der Waals surface area contributed by atoms with Gasteiger partial charge >= 0.3 is 0 Å². The van der Waals surface area contributed by atoms with Crippen molar-refractivity contribution < 1.29 is 0 Å². The monoisotopic (exact) mass is 181 g/mol. The van der Waals surface area contributed by atoms with E-state index in [1.807, 2.05) is 0 Å². The Kier molecular flexibility index (Phi) is 2.18. The Balaban J connectivity index is 1.92. The molecule has 1 nitrogen and oxygen atoms in total. The molecule has 0 aromatic rings. The lowest BCUT2D eigenvalue weighted by Crippen LogP contribution is -2.63. The smallest absolute Gasteiger partial charge is 0.0187 e. The molecule has 1 saturated heterocycles. The molecule has 1 aliphatic carbocycles. The van der Waals surface area contributed by atoms with E-state index < -0.39 is 0 Å². The molecule has 2 rings (SSSR count). The minimum Gasteiger partial charge on any atom is -0.299 e. The highest BCUT2D eigenvalue weighted by Gasteiger charge is 2.52. The Morgan fingerprint density at radius 2 is 1.92 bits per heavy atom. The van der Waals surface area contributed by atoms with Crippen molar-refractivity contribution in [2.75, 3.05) is 13.1 Å². The third-order valence-corrected chi connectivity index (χ3v) is 3.47. The number of rotatable bonds is 3. The van der Waals surface area contributed by atoms with Gasteiger partial charge in [-0.15, -0.1) is 0 Å². The van der Waals surface area contributed by atoms with Gasteiger partial charge in [-0.3, -0.25) is 4.90 Å². The Morgan fingerprint density at radius 1 is 1.31 bits per heavy atom. The molecule has 0 amide bonds. The highest BCUT2D eigenvalue weighted by atomic mass is 15.3. The molecule has 0 bridgehead atoms. The van der Waals surface area contributed by atoms with E-state index in [9.17, 15) is 0 Å². The van der Waals surface area contributed by atoms with E-state index in [1.165, 1.54) is 25.9 Å². The van der Waals surface area contributed by atoms with E-state index in [0.29, 0.717) is 5.41 Å². The molecule has 0 radical (unpaired) electrons. The summed E-state index contributed by atoms with van der Waals surface area (Å²) in [5, 5.41) is 0. The average molecular weight is 181 g/mol. The second-order valence-corrected chi connectivity index (χ2v) is 6.09. The number of hydrogen-bond acceptors (Lipinski definition) is 1. The van der Waals surface area contributed by atoms with Crippen LogP contribution in [-0.4, -0.2) is 24.0 Å². The summed E-state index contributed by atoms with van der Waals surface area (Å²) < 4.78 is 0. The zero-order valence-electron chi connectivity index (χ0n) is 9.51. The van der Waals surface area contributed by atoms with Gasteiger partial charge in [-0.2, -0.15) is 0 Å². The van der Waals surface area contributed by atoms with Crippen LogP contribution in [0.3, 0.4) is 0 Å². The molecule has 76 valence electrons. The quantitative estimate of drug-likeness (QED) is 0.647. The van der Waals surface area contributed by atoms with Gasteiger partial charge in [0.2, 0.25) is 0 Å². The number of nitrogens with zero attached hydrogens (tertiary/aromatic N) is 1. The topological polar surface area (TPSA) is 3.24 Å². The molecule has 13 heavy (non-hydrogen) atoms. The standard InChI is InChI=1S/C12H23N/c1-9(2)7-13-8-12(3,4)11(13)10-5-6-10/h9-11H,5-8H2,1-4H3. The summed E-state index contributed by atoms with van der Waals surface area (Å²) in [6.07, 6.45) is 2.98. The van der Waals surface area contributed by atoms with Crippen LogP contribution in [0.15, 0.2) is 0 Å². The van der Waals surface area contributed by atoms with Gasteiger partial charge in [0.05, 0.1) is 0 Å². The Morgan fingerprint density at radius 3 is 2.31 bits per heavy atom. The zero-order valence-corrected chi connectivity index (χ0v) is 9.51. The summed E-state index contributed by atoms with van der Waals surface area (Å²) in [7, 11) is 0. The van der Waals surface area contributed by atoms with Crippen LogP contribution in [0.2, 0.25) is 0 Å². The molecule has 0 aromatic heterocycles. The van der Waals surface area contributed by atoms with E-state index in [-0.39, 0.29) is 0 Å². The third kappa shape index (κ3) is 1.76. The Bertz CT molecular complexity index is 189.